The van der Waals surface area contributed by atoms with Gasteiger partial charge in [0.1, 0.15) is 0 Å². The molecule has 0 aromatic heterocycles. The third-order valence-electron chi connectivity index (χ3n) is 4.33. The second-order valence-corrected chi connectivity index (χ2v) is 6.90. The summed E-state index contributed by atoms with van der Waals surface area (Å²) in [5, 5.41) is 1.07. The van der Waals surface area contributed by atoms with E-state index in [1.54, 1.807) is 65.8 Å². The van der Waals surface area contributed by atoms with Crippen molar-refractivity contribution in [3.8, 4) is 0 Å². The highest BCUT2D eigenvalue weighted by Gasteiger charge is 2.35. The minimum atomic E-state index is -0.679. The molecule has 0 unspecified atom stereocenters. The monoisotopic (exact) mass is 417 g/mol. The van der Waals surface area contributed by atoms with Gasteiger partial charge >= 0.3 is 11.9 Å². The summed E-state index contributed by atoms with van der Waals surface area (Å²) in [6.07, 6.45) is 3.26. The zero-order chi connectivity index (χ0) is 20.3. The van der Waals surface area contributed by atoms with E-state index in [1.807, 2.05) is 0 Å². The van der Waals surface area contributed by atoms with Gasteiger partial charge in [0.2, 0.25) is 0 Å². The molecule has 0 atom stereocenters. The molecule has 1 heterocycles. The van der Waals surface area contributed by atoms with Crippen molar-refractivity contribution in [3.63, 3.8) is 0 Å². The van der Waals surface area contributed by atoms with Gasteiger partial charge in [-0.15, -0.1) is 0 Å². The number of hydrogen-bond donors (Lipinski definition) is 0. The van der Waals surface area contributed by atoms with Gasteiger partial charge in [0.05, 0.1) is 31.3 Å². The highest BCUT2D eigenvalue weighted by Crippen LogP contribution is 2.39. The van der Waals surface area contributed by atoms with Crippen LogP contribution in [-0.4, -0.2) is 26.2 Å². The molecule has 3 rings (SSSR count). The van der Waals surface area contributed by atoms with Crippen LogP contribution < -0.4 is 4.90 Å². The van der Waals surface area contributed by atoms with E-state index >= 15 is 0 Å². The minimum absolute atomic E-state index is 0.280. The fourth-order valence-electron chi connectivity index (χ4n) is 3.04. The summed E-state index contributed by atoms with van der Waals surface area (Å²) in [7, 11) is 2.59. The first-order valence-electron chi connectivity index (χ1n) is 8.34. The Labute approximate surface area is 172 Å². The van der Waals surface area contributed by atoms with E-state index in [0.29, 0.717) is 15.6 Å². The Morgan fingerprint density at radius 1 is 0.857 bits per heavy atom. The minimum Gasteiger partial charge on any atom is -0.466 e. The summed E-state index contributed by atoms with van der Waals surface area (Å²) in [6, 6.07) is 14.0. The molecule has 1 aliphatic rings. The van der Waals surface area contributed by atoms with Gasteiger partial charge in [-0.25, -0.2) is 9.59 Å². The molecule has 1 aliphatic heterocycles. The maximum Gasteiger partial charge on any atom is 0.336 e. The fourth-order valence-corrected chi connectivity index (χ4v) is 3.36. The van der Waals surface area contributed by atoms with E-state index in [0.717, 1.165) is 5.69 Å². The molecule has 2 aromatic rings. The smallest absolute Gasteiger partial charge is 0.336 e. The molecule has 0 aliphatic carbocycles. The maximum absolute atomic E-state index is 12.6. The second-order valence-electron chi connectivity index (χ2n) is 6.02. The first kappa shape index (κ1) is 20.0. The van der Waals surface area contributed by atoms with E-state index in [-0.39, 0.29) is 11.1 Å². The lowest BCUT2D eigenvalue weighted by atomic mass is 9.83. The van der Waals surface area contributed by atoms with E-state index in [1.165, 1.54) is 14.2 Å². The number of carbonyl (C=O) groups excluding carboxylic acids is 2. The van der Waals surface area contributed by atoms with E-state index in [2.05, 4.69) is 0 Å². The van der Waals surface area contributed by atoms with Crippen LogP contribution in [0.1, 0.15) is 11.5 Å². The van der Waals surface area contributed by atoms with Crippen LogP contribution in [0.5, 0.6) is 0 Å². The lowest BCUT2D eigenvalue weighted by molar-refractivity contribution is -0.137. The molecule has 0 saturated carbocycles. The summed E-state index contributed by atoms with van der Waals surface area (Å²) in [4.78, 5) is 26.8. The number of carbonyl (C=O) groups is 2. The summed E-state index contributed by atoms with van der Waals surface area (Å²) in [5.41, 5.74) is 1.96. The zero-order valence-electron chi connectivity index (χ0n) is 15.2. The number of hydrogen-bond acceptors (Lipinski definition) is 5. The Kier molecular flexibility index (Phi) is 6.07. The van der Waals surface area contributed by atoms with Gasteiger partial charge in [0, 0.05) is 28.1 Å². The molecule has 0 spiro atoms. The van der Waals surface area contributed by atoms with E-state index in [9.17, 15) is 9.59 Å². The number of esters is 2. The van der Waals surface area contributed by atoms with Crippen LogP contribution in [0.2, 0.25) is 10.0 Å². The third kappa shape index (κ3) is 4.06. The Hall–Kier alpha value is -2.76. The summed E-state index contributed by atoms with van der Waals surface area (Å²) < 4.78 is 9.94. The Morgan fingerprint density at radius 3 is 1.93 bits per heavy atom. The predicted molar refractivity (Wildman–Crippen MR) is 108 cm³/mol. The number of rotatable bonds is 4. The standard InChI is InChI=1S/C21H17Cl2NO4/c1-27-20(25)17-11-24(16-8-6-14(22)7-9-16)12-18(21(26)28-2)19(17)13-4-3-5-15(23)10-13/h3-12,19H,1-2H3. The Morgan fingerprint density at radius 2 is 1.43 bits per heavy atom. The SMILES string of the molecule is COC(=O)C1=CN(c2ccc(Cl)cc2)C=C(C(=O)OC)C1c1cccc(Cl)c1. The highest BCUT2D eigenvalue weighted by atomic mass is 35.5. The van der Waals surface area contributed by atoms with Crippen LogP contribution in [-0.2, 0) is 19.1 Å². The van der Waals surface area contributed by atoms with Gasteiger partial charge in [-0.2, -0.15) is 0 Å². The third-order valence-corrected chi connectivity index (χ3v) is 4.81. The molecule has 0 amide bonds. The van der Waals surface area contributed by atoms with Crippen molar-refractivity contribution in [2.24, 2.45) is 0 Å². The van der Waals surface area contributed by atoms with Crippen molar-refractivity contribution in [2.45, 2.75) is 5.92 Å². The van der Waals surface area contributed by atoms with Gasteiger partial charge in [-0.1, -0.05) is 35.3 Å². The Balaban J connectivity index is 2.17. The molecule has 0 fully saturated rings. The lowest BCUT2D eigenvalue weighted by Gasteiger charge is -2.30. The van der Waals surface area contributed by atoms with Crippen LogP contribution >= 0.6 is 23.2 Å². The van der Waals surface area contributed by atoms with Crippen LogP contribution in [0.25, 0.3) is 0 Å². The van der Waals surface area contributed by atoms with E-state index in [4.69, 9.17) is 32.7 Å². The van der Waals surface area contributed by atoms with Crippen molar-refractivity contribution in [2.75, 3.05) is 19.1 Å². The lowest BCUT2D eigenvalue weighted by Crippen LogP contribution is -2.28. The maximum atomic E-state index is 12.6. The number of nitrogens with zero attached hydrogens (tertiary/aromatic N) is 1. The van der Waals surface area contributed by atoms with Crippen LogP contribution in [0.15, 0.2) is 72.1 Å². The number of methoxy groups -OCH3 is 2. The molecule has 7 heteroatoms. The van der Waals surface area contributed by atoms with Gasteiger partial charge in [0.25, 0.3) is 0 Å². The first-order chi connectivity index (χ1) is 13.4. The Bertz CT molecular complexity index is 933. The van der Waals surface area contributed by atoms with Crippen LogP contribution in [0, 0.1) is 0 Å². The number of benzene rings is 2. The van der Waals surface area contributed by atoms with Crippen molar-refractivity contribution in [3.05, 3.63) is 87.7 Å². The molecule has 5 nitrogen and oxygen atoms in total. The summed E-state index contributed by atoms with van der Waals surface area (Å²) >= 11 is 12.1. The van der Waals surface area contributed by atoms with Gasteiger partial charge in [-0.05, 0) is 42.0 Å². The fraction of sp³-hybridized carbons (Fsp3) is 0.143. The normalized spacial score (nSPS) is 14.2. The number of ether oxygens (including phenoxy) is 2. The van der Waals surface area contributed by atoms with Gasteiger partial charge in [-0.3, -0.25) is 0 Å². The summed E-state index contributed by atoms with van der Waals surface area (Å²) in [6.45, 7) is 0. The highest BCUT2D eigenvalue weighted by molar-refractivity contribution is 6.31. The zero-order valence-corrected chi connectivity index (χ0v) is 16.7. The molecule has 0 bridgehead atoms. The average molecular weight is 418 g/mol. The first-order valence-corrected chi connectivity index (χ1v) is 9.09. The molecular weight excluding hydrogens is 401 g/mol. The molecule has 144 valence electrons. The molecular formula is C21H17Cl2NO4. The van der Waals surface area contributed by atoms with Crippen molar-refractivity contribution < 1.29 is 19.1 Å². The average Bonchev–Trinajstić information content (AvgIpc) is 2.72. The van der Waals surface area contributed by atoms with Gasteiger partial charge in [0.15, 0.2) is 0 Å². The van der Waals surface area contributed by atoms with E-state index < -0.39 is 17.9 Å². The summed E-state index contributed by atoms with van der Waals surface area (Å²) in [5.74, 6) is -1.79. The topological polar surface area (TPSA) is 55.8 Å². The molecule has 28 heavy (non-hydrogen) atoms. The van der Waals surface area contributed by atoms with Crippen LogP contribution in [0.4, 0.5) is 5.69 Å². The molecule has 2 aromatic carbocycles. The van der Waals surface area contributed by atoms with Crippen molar-refractivity contribution in [1.82, 2.24) is 0 Å². The molecule has 0 saturated heterocycles. The molecule has 0 radical (unpaired) electrons. The van der Waals surface area contributed by atoms with Crippen LogP contribution in [0.3, 0.4) is 0 Å². The number of halogens is 2. The largest absolute Gasteiger partial charge is 0.466 e. The van der Waals surface area contributed by atoms with Gasteiger partial charge < -0.3 is 14.4 Å². The second kappa shape index (κ2) is 8.50. The van der Waals surface area contributed by atoms with Crippen molar-refractivity contribution in [1.29, 1.82) is 0 Å². The molecule has 0 N–H and O–H groups in total. The van der Waals surface area contributed by atoms with Crippen molar-refractivity contribution >= 4 is 40.8 Å². The quantitative estimate of drug-likeness (QED) is 0.674. The number of anilines is 1. The predicted octanol–water partition coefficient (Wildman–Crippen LogP) is 4.71.